The van der Waals surface area contributed by atoms with Gasteiger partial charge in [-0.2, -0.15) is 0 Å². The summed E-state index contributed by atoms with van der Waals surface area (Å²) in [5, 5.41) is 6.98. The van der Waals surface area contributed by atoms with Gasteiger partial charge in [0.05, 0.1) is 6.42 Å². The molecule has 0 aliphatic rings. The first-order valence-electron chi connectivity index (χ1n) is 8.61. The fourth-order valence-electron chi connectivity index (χ4n) is 2.20. The Labute approximate surface area is 162 Å². The molecular weight excluding hydrogens is 362 g/mol. The van der Waals surface area contributed by atoms with Gasteiger partial charge >= 0.3 is 12.0 Å². The fourth-order valence-corrected chi connectivity index (χ4v) is 2.20. The molecule has 0 aliphatic heterocycles. The Morgan fingerprint density at radius 2 is 1.54 bits per heavy atom. The second-order valence-corrected chi connectivity index (χ2v) is 5.88. The molecule has 0 bridgehead atoms. The van der Waals surface area contributed by atoms with Gasteiger partial charge in [-0.15, -0.1) is 0 Å². The zero-order chi connectivity index (χ0) is 20.4. The van der Waals surface area contributed by atoms with Crippen LogP contribution in [0.2, 0.25) is 0 Å². The molecule has 8 heteroatoms. The second-order valence-electron chi connectivity index (χ2n) is 5.88. The van der Waals surface area contributed by atoms with E-state index < -0.39 is 24.0 Å². The summed E-state index contributed by atoms with van der Waals surface area (Å²) < 4.78 is 4.92. The van der Waals surface area contributed by atoms with Gasteiger partial charge in [0.25, 0.3) is 5.91 Å². The number of carbonyl (C=O) groups excluding carboxylic acids is 4. The summed E-state index contributed by atoms with van der Waals surface area (Å²) in [6.07, 6.45) is -1.07. The highest BCUT2D eigenvalue weighted by Gasteiger charge is 2.20. The van der Waals surface area contributed by atoms with Crippen molar-refractivity contribution in [3.8, 4) is 0 Å². The number of imide groups is 1. The molecule has 146 valence electrons. The summed E-state index contributed by atoms with van der Waals surface area (Å²) in [7, 11) is 0. The molecule has 8 nitrogen and oxygen atoms in total. The van der Waals surface area contributed by atoms with Crippen molar-refractivity contribution in [3.63, 3.8) is 0 Å². The molecule has 0 saturated heterocycles. The lowest BCUT2D eigenvalue weighted by Gasteiger charge is -2.13. The molecule has 0 aromatic heterocycles. The standard InChI is InChI=1S/C20H21N3O5/c1-14(19(26)23-20(27)22-16-10-6-3-7-11-16)28-18(25)13-21-17(24)12-15-8-4-2-5-9-15/h2-11,14H,12-13H2,1H3,(H,21,24)(H2,22,23,26,27). The number of amides is 4. The van der Waals surface area contributed by atoms with Gasteiger partial charge in [-0.25, -0.2) is 4.79 Å². The molecule has 0 radical (unpaired) electrons. The van der Waals surface area contributed by atoms with Crippen molar-refractivity contribution in [2.24, 2.45) is 0 Å². The van der Waals surface area contributed by atoms with Crippen molar-refractivity contribution >= 4 is 29.5 Å². The van der Waals surface area contributed by atoms with E-state index in [2.05, 4.69) is 16.0 Å². The predicted molar refractivity (Wildman–Crippen MR) is 102 cm³/mol. The maximum atomic E-state index is 11.9. The van der Waals surface area contributed by atoms with E-state index in [0.29, 0.717) is 5.69 Å². The molecule has 3 N–H and O–H groups in total. The van der Waals surface area contributed by atoms with Gasteiger partial charge in [0.15, 0.2) is 6.10 Å². The summed E-state index contributed by atoms with van der Waals surface area (Å²) in [6, 6.07) is 16.9. The van der Waals surface area contributed by atoms with Crippen LogP contribution in [0.1, 0.15) is 12.5 Å². The minimum Gasteiger partial charge on any atom is -0.451 e. The smallest absolute Gasteiger partial charge is 0.326 e. The summed E-state index contributed by atoms with van der Waals surface area (Å²) >= 11 is 0. The first-order valence-corrected chi connectivity index (χ1v) is 8.61. The van der Waals surface area contributed by atoms with Crippen LogP contribution in [0.5, 0.6) is 0 Å². The summed E-state index contributed by atoms with van der Waals surface area (Å²) in [6.45, 7) is 0.953. The van der Waals surface area contributed by atoms with E-state index >= 15 is 0 Å². The molecular formula is C20H21N3O5. The number of hydrogen-bond acceptors (Lipinski definition) is 5. The Morgan fingerprint density at radius 3 is 2.18 bits per heavy atom. The van der Waals surface area contributed by atoms with E-state index in [1.807, 2.05) is 18.2 Å². The lowest BCUT2D eigenvalue weighted by Crippen LogP contribution is -2.43. The van der Waals surface area contributed by atoms with Crippen molar-refractivity contribution in [3.05, 3.63) is 66.2 Å². The molecule has 2 aromatic rings. The normalized spacial score (nSPS) is 11.0. The average molecular weight is 383 g/mol. The molecule has 0 heterocycles. The van der Waals surface area contributed by atoms with Crippen LogP contribution in [-0.4, -0.2) is 36.5 Å². The number of ether oxygens (including phenoxy) is 1. The zero-order valence-corrected chi connectivity index (χ0v) is 15.3. The quantitative estimate of drug-likeness (QED) is 0.629. The lowest BCUT2D eigenvalue weighted by molar-refractivity contribution is -0.154. The first-order chi connectivity index (χ1) is 13.4. The molecule has 2 aromatic carbocycles. The minimum atomic E-state index is -1.19. The van der Waals surface area contributed by atoms with E-state index in [1.54, 1.807) is 42.5 Å². The van der Waals surface area contributed by atoms with Gasteiger partial charge in [-0.3, -0.25) is 19.7 Å². The number of para-hydroxylation sites is 1. The topological polar surface area (TPSA) is 114 Å². The van der Waals surface area contributed by atoms with E-state index in [-0.39, 0.29) is 18.9 Å². The van der Waals surface area contributed by atoms with Crippen LogP contribution < -0.4 is 16.0 Å². The second kappa shape index (κ2) is 10.5. The third kappa shape index (κ3) is 7.28. The molecule has 0 saturated carbocycles. The number of benzene rings is 2. The number of nitrogens with one attached hydrogen (secondary N) is 3. The largest absolute Gasteiger partial charge is 0.451 e. The monoisotopic (exact) mass is 383 g/mol. The van der Waals surface area contributed by atoms with Crippen LogP contribution in [-0.2, 0) is 25.5 Å². The number of anilines is 1. The number of esters is 1. The van der Waals surface area contributed by atoms with Crippen LogP contribution in [0.15, 0.2) is 60.7 Å². The van der Waals surface area contributed by atoms with Crippen LogP contribution >= 0.6 is 0 Å². The van der Waals surface area contributed by atoms with Crippen molar-refractivity contribution < 1.29 is 23.9 Å². The zero-order valence-electron chi connectivity index (χ0n) is 15.3. The summed E-state index contributed by atoms with van der Waals surface area (Å²) in [5.41, 5.74) is 1.32. The van der Waals surface area contributed by atoms with Crippen molar-refractivity contribution in [2.45, 2.75) is 19.4 Å². The highest BCUT2D eigenvalue weighted by Crippen LogP contribution is 2.04. The van der Waals surface area contributed by atoms with E-state index in [9.17, 15) is 19.2 Å². The Bertz CT molecular complexity index is 824. The highest BCUT2D eigenvalue weighted by molar-refractivity contribution is 6.02. The van der Waals surface area contributed by atoms with Crippen molar-refractivity contribution in [2.75, 3.05) is 11.9 Å². The van der Waals surface area contributed by atoms with Crippen molar-refractivity contribution in [1.82, 2.24) is 10.6 Å². The van der Waals surface area contributed by atoms with Crippen molar-refractivity contribution in [1.29, 1.82) is 0 Å². The highest BCUT2D eigenvalue weighted by atomic mass is 16.5. The van der Waals surface area contributed by atoms with E-state index in [4.69, 9.17) is 4.74 Å². The fraction of sp³-hybridized carbons (Fsp3) is 0.200. The van der Waals surface area contributed by atoms with Gasteiger partial charge in [-0.05, 0) is 24.6 Å². The average Bonchev–Trinajstić information content (AvgIpc) is 2.67. The maximum Gasteiger partial charge on any atom is 0.326 e. The first kappa shape index (κ1) is 20.6. The minimum absolute atomic E-state index is 0.129. The predicted octanol–water partition coefficient (Wildman–Crippen LogP) is 1.63. The Hall–Kier alpha value is -3.68. The van der Waals surface area contributed by atoms with Gasteiger partial charge < -0.3 is 15.4 Å². The van der Waals surface area contributed by atoms with Gasteiger partial charge in [0, 0.05) is 5.69 Å². The molecule has 0 fully saturated rings. The van der Waals surface area contributed by atoms with Crippen LogP contribution in [0, 0.1) is 0 Å². The molecule has 1 atom stereocenters. The molecule has 2 rings (SSSR count). The Balaban J connectivity index is 1.69. The molecule has 28 heavy (non-hydrogen) atoms. The Morgan fingerprint density at radius 1 is 0.929 bits per heavy atom. The van der Waals surface area contributed by atoms with Crippen LogP contribution in [0.25, 0.3) is 0 Å². The Kier molecular flexibility index (Phi) is 7.71. The molecule has 0 aliphatic carbocycles. The third-order valence-electron chi connectivity index (χ3n) is 3.58. The number of carbonyl (C=O) groups is 4. The van der Waals surface area contributed by atoms with Crippen LogP contribution in [0.4, 0.5) is 10.5 Å². The lowest BCUT2D eigenvalue weighted by atomic mass is 10.1. The number of rotatable bonds is 7. The number of urea groups is 1. The SMILES string of the molecule is CC(OC(=O)CNC(=O)Cc1ccccc1)C(=O)NC(=O)Nc1ccccc1. The maximum absolute atomic E-state index is 11.9. The summed E-state index contributed by atoms with van der Waals surface area (Å²) in [5.74, 6) is -1.91. The van der Waals surface area contributed by atoms with Gasteiger partial charge in [0.1, 0.15) is 6.54 Å². The molecule has 1 unspecified atom stereocenters. The molecule has 4 amide bonds. The third-order valence-corrected chi connectivity index (χ3v) is 3.58. The van der Waals surface area contributed by atoms with Crippen LogP contribution in [0.3, 0.4) is 0 Å². The number of hydrogen-bond donors (Lipinski definition) is 3. The van der Waals surface area contributed by atoms with E-state index in [0.717, 1.165) is 5.56 Å². The van der Waals surface area contributed by atoms with Gasteiger partial charge in [0.2, 0.25) is 5.91 Å². The summed E-state index contributed by atoms with van der Waals surface area (Å²) in [4.78, 5) is 47.3. The van der Waals surface area contributed by atoms with E-state index in [1.165, 1.54) is 6.92 Å². The van der Waals surface area contributed by atoms with Gasteiger partial charge in [-0.1, -0.05) is 48.5 Å². The molecule has 0 spiro atoms.